The van der Waals surface area contributed by atoms with Crippen LogP contribution in [0.25, 0.3) is 0 Å². The molecule has 0 spiro atoms. The van der Waals surface area contributed by atoms with Crippen LogP contribution in [0.1, 0.15) is 65.0 Å². The summed E-state index contributed by atoms with van der Waals surface area (Å²) < 4.78 is 12.2. The van der Waals surface area contributed by atoms with Gasteiger partial charge in [-0.25, -0.2) is 4.79 Å². The Kier molecular flexibility index (Phi) is 10.7. The average Bonchev–Trinajstić information content (AvgIpc) is 2.80. The lowest BCUT2D eigenvalue weighted by molar-refractivity contribution is 0.0181. The second-order valence-electron chi connectivity index (χ2n) is 9.12. The van der Waals surface area contributed by atoms with E-state index in [-0.39, 0.29) is 12.7 Å². The summed E-state index contributed by atoms with van der Waals surface area (Å²) >= 11 is 3.49. The molecule has 5 nitrogen and oxygen atoms in total. The van der Waals surface area contributed by atoms with E-state index in [9.17, 15) is 9.90 Å². The molecule has 1 saturated heterocycles. The number of piperidine rings is 1. The van der Waals surface area contributed by atoms with E-state index in [0.717, 1.165) is 60.3 Å². The number of carbonyl (C=O) groups is 1. The first-order chi connectivity index (χ1) is 15.7. The number of rotatable bonds is 6. The maximum atomic E-state index is 12.2. The Hall–Kier alpha value is -2.05. The number of carbonyl (C=O) groups excluding carboxylic acids is 1. The summed E-state index contributed by atoms with van der Waals surface area (Å²) in [5.74, 6) is 2.14. The lowest BCUT2D eigenvalue weighted by Gasteiger charge is -2.33. The average molecular weight is 521 g/mol. The van der Waals surface area contributed by atoms with Gasteiger partial charge in [0.1, 0.15) is 17.1 Å². The molecule has 0 radical (unpaired) electrons. The SMILES string of the molecule is CC.CC(C)(C)OC(=O)N1CCC(CCc2ccc(Oc3ccc(CO)cc3Br)cc2)CC1. The number of ether oxygens (including phenoxy) is 2. The van der Waals surface area contributed by atoms with Gasteiger partial charge in [-0.1, -0.05) is 32.0 Å². The number of halogens is 1. The minimum atomic E-state index is -0.442. The topological polar surface area (TPSA) is 59.0 Å². The second-order valence-corrected chi connectivity index (χ2v) is 9.97. The third kappa shape index (κ3) is 9.01. The predicted octanol–water partition coefficient (Wildman–Crippen LogP) is 7.34. The van der Waals surface area contributed by atoms with E-state index in [1.165, 1.54) is 5.56 Å². The predicted molar refractivity (Wildman–Crippen MR) is 137 cm³/mol. The van der Waals surface area contributed by atoms with Gasteiger partial charge in [-0.2, -0.15) is 0 Å². The van der Waals surface area contributed by atoms with Crippen LogP contribution in [0.2, 0.25) is 0 Å². The molecule has 1 heterocycles. The fourth-order valence-corrected chi connectivity index (χ4v) is 4.19. The number of hydrogen-bond acceptors (Lipinski definition) is 4. The summed E-state index contributed by atoms with van der Waals surface area (Å²) in [6.45, 7) is 11.3. The third-order valence-corrected chi connectivity index (χ3v) is 6.06. The summed E-state index contributed by atoms with van der Waals surface area (Å²) in [4.78, 5) is 14.0. The second kappa shape index (κ2) is 13.0. The molecule has 0 saturated carbocycles. The molecule has 0 aromatic heterocycles. The summed E-state index contributed by atoms with van der Waals surface area (Å²) in [5, 5.41) is 9.21. The van der Waals surface area contributed by atoms with Gasteiger partial charge < -0.3 is 19.5 Å². The first kappa shape index (κ1) is 27.2. The van der Waals surface area contributed by atoms with Crippen molar-refractivity contribution in [2.24, 2.45) is 5.92 Å². The molecule has 2 aromatic rings. The number of benzene rings is 2. The maximum absolute atomic E-state index is 12.2. The van der Waals surface area contributed by atoms with Crippen LogP contribution in [0, 0.1) is 5.92 Å². The normalized spacial score (nSPS) is 14.3. The molecular weight excluding hydrogens is 482 g/mol. The zero-order valence-electron chi connectivity index (χ0n) is 20.6. The van der Waals surface area contributed by atoms with Crippen molar-refractivity contribution in [1.82, 2.24) is 4.90 Å². The smallest absolute Gasteiger partial charge is 0.410 e. The van der Waals surface area contributed by atoms with Crippen molar-refractivity contribution in [1.29, 1.82) is 0 Å². The Morgan fingerprint density at radius 3 is 2.21 bits per heavy atom. The van der Waals surface area contributed by atoms with E-state index < -0.39 is 5.60 Å². The van der Waals surface area contributed by atoms with Gasteiger partial charge in [-0.3, -0.25) is 0 Å². The maximum Gasteiger partial charge on any atom is 0.410 e. The zero-order valence-corrected chi connectivity index (χ0v) is 22.2. The number of aryl methyl sites for hydroxylation is 1. The number of aliphatic hydroxyl groups excluding tert-OH is 1. The van der Waals surface area contributed by atoms with Crippen LogP contribution < -0.4 is 4.74 Å². The van der Waals surface area contributed by atoms with Gasteiger partial charge in [-0.15, -0.1) is 0 Å². The van der Waals surface area contributed by atoms with Crippen molar-refractivity contribution in [2.45, 2.75) is 72.5 Å². The highest BCUT2D eigenvalue weighted by atomic mass is 79.9. The summed E-state index contributed by atoms with van der Waals surface area (Å²) in [7, 11) is 0. The summed E-state index contributed by atoms with van der Waals surface area (Å²) in [6.07, 6.45) is 4.00. The minimum Gasteiger partial charge on any atom is -0.456 e. The van der Waals surface area contributed by atoms with Crippen LogP contribution in [0.15, 0.2) is 46.9 Å². The first-order valence-electron chi connectivity index (χ1n) is 11.9. The lowest BCUT2D eigenvalue weighted by atomic mass is 9.90. The molecule has 1 aliphatic rings. The highest BCUT2D eigenvalue weighted by Crippen LogP contribution is 2.31. The summed E-state index contributed by atoms with van der Waals surface area (Å²) in [6, 6.07) is 13.8. The van der Waals surface area contributed by atoms with Crippen molar-refractivity contribution in [3.05, 3.63) is 58.1 Å². The van der Waals surface area contributed by atoms with E-state index in [1.54, 1.807) is 0 Å². The molecule has 33 heavy (non-hydrogen) atoms. The highest BCUT2D eigenvalue weighted by Gasteiger charge is 2.26. The zero-order chi connectivity index (χ0) is 24.4. The van der Waals surface area contributed by atoms with Gasteiger partial charge in [0, 0.05) is 13.1 Å². The van der Waals surface area contributed by atoms with Crippen molar-refractivity contribution >= 4 is 22.0 Å². The Bertz CT molecular complexity index is 869. The molecule has 1 aliphatic heterocycles. The van der Waals surface area contributed by atoms with Crippen LogP contribution in [0.4, 0.5) is 4.79 Å². The molecule has 3 rings (SSSR count). The molecule has 0 unspecified atom stereocenters. The largest absolute Gasteiger partial charge is 0.456 e. The molecule has 1 amide bonds. The van der Waals surface area contributed by atoms with Gasteiger partial charge in [0.25, 0.3) is 0 Å². The first-order valence-corrected chi connectivity index (χ1v) is 12.7. The molecule has 0 aliphatic carbocycles. The monoisotopic (exact) mass is 519 g/mol. The highest BCUT2D eigenvalue weighted by molar-refractivity contribution is 9.10. The third-order valence-electron chi connectivity index (χ3n) is 5.44. The van der Waals surface area contributed by atoms with Crippen molar-refractivity contribution < 1.29 is 19.4 Å². The standard InChI is InChI=1S/C25H32BrNO4.C2H6/c1-25(2,3)31-24(29)27-14-12-19(13-15-27)5-4-18-6-9-21(10-7-18)30-23-11-8-20(17-28)16-22(23)26;1-2/h6-11,16,19,28H,4-5,12-15,17H2,1-3H3;1-2H3. The molecule has 2 aromatic carbocycles. The van der Waals surface area contributed by atoms with E-state index in [2.05, 4.69) is 28.1 Å². The number of hydrogen-bond donors (Lipinski definition) is 1. The van der Waals surface area contributed by atoms with Crippen LogP contribution in [-0.2, 0) is 17.8 Å². The van der Waals surface area contributed by atoms with Crippen LogP contribution in [-0.4, -0.2) is 34.8 Å². The van der Waals surface area contributed by atoms with Gasteiger partial charge in [0.15, 0.2) is 0 Å². The Labute approximate surface area is 207 Å². The van der Waals surface area contributed by atoms with E-state index in [0.29, 0.717) is 5.92 Å². The van der Waals surface area contributed by atoms with Crippen LogP contribution in [0.5, 0.6) is 11.5 Å². The summed E-state index contributed by atoms with van der Waals surface area (Å²) in [5.41, 5.74) is 1.69. The minimum absolute atomic E-state index is 0.00755. The molecule has 6 heteroatoms. The molecule has 0 bridgehead atoms. The van der Waals surface area contributed by atoms with Crippen LogP contribution >= 0.6 is 15.9 Å². The number of likely N-dealkylation sites (tertiary alicyclic amines) is 1. The lowest BCUT2D eigenvalue weighted by Crippen LogP contribution is -2.41. The van der Waals surface area contributed by atoms with Crippen LogP contribution in [0.3, 0.4) is 0 Å². The van der Waals surface area contributed by atoms with Crippen molar-refractivity contribution in [3.8, 4) is 11.5 Å². The van der Waals surface area contributed by atoms with Crippen molar-refractivity contribution in [2.75, 3.05) is 13.1 Å². The number of nitrogens with zero attached hydrogens (tertiary/aromatic N) is 1. The number of aliphatic hydroxyl groups is 1. The number of amides is 1. The fourth-order valence-electron chi connectivity index (χ4n) is 3.68. The van der Waals surface area contributed by atoms with Gasteiger partial charge in [0.2, 0.25) is 0 Å². The molecule has 0 atom stereocenters. The quantitative estimate of drug-likeness (QED) is 0.433. The molecule has 1 N–H and O–H groups in total. The fraction of sp³-hybridized carbons (Fsp3) is 0.519. The van der Waals surface area contributed by atoms with E-state index in [1.807, 2.05) is 69.9 Å². The van der Waals surface area contributed by atoms with Gasteiger partial charge in [0.05, 0.1) is 11.1 Å². The Morgan fingerprint density at radius 2 is 1.67 bits per heavy atom. The Balaban J connectivity index is 0.00000187. The van der Waals surface area contributed by atoms with Gasteiger partial charge in [-0.05, 0) is 104 Å². The van der Waals surface area contributed by atoms with Gasteiger partial charge >= 0.3 is 6.09 Å². The van der Waals surface area contributed by atoms with Crippen molar-refractivity contribution in [3.63, 3.8) is 0 Å². The Morgan fingerprint density at radius 1 is 1.06 bits per heavy atom. The molecular formula is C27H38BrNO4. The van der Waals surface area contributed by atoms with E-state index >= 15 is 0 Å². The van der Waals surface area contributed by atoms with E-state index in [4.69, 9.17) is 9.47 Å². The molecule has 182 valence electrons. The molecule has 1 fully saturated rings.